The maximum absolute atomic E-state index is 13.2. The molecule has 3 heterocycles. The van der Waals surface area contributed by atoms with Gasteiger partial charge in [0, 0.05) is 25.7 Å². The van der Waals surface area contributed by atoms with E-state index in [0.29, 0.717) is 43.0 Å². The van der Waals surface area contributed by atoms with E-state index in [1.807, 2.05) is 23.1 Å². The molecule has 1 fully saturated rings. The number of imide groups is 1. The van der Waals surface area contributed by atoms with E-state index in [2.05, 4.69) is 20.8 Å². The van der Waals surface area contributed by atoms with Crippen molar-refractivity contribution in [2.75, 3.05) is 20.1 Å². The van der Waals surface area contributed by atoms with E-state index < -0.39 is 29.7 Å². The molecular formula is C22H23F3N6O2. The van der Waals surface area contributed by atoms with Crippen LogP contribution in [0.5, 0.6) is 0 Å². The topological polar surface area (TPSA) is 91.6 Å². The highest BCUT2D eigenvalue weighted by Crippen LogP contribution is 2.34. The summed E-state index contributed by atoms with van der Waals surface area (Å²) in [6.07, 6.45) is -2.08. The SMILES string of the molecule is CNC(=O)NC(=O)[C@H](c1ccccc1)N1CCC[C@H](c2nnc3ccc(C(F)(F)F)cn23)C1. The van der Waals surface area contributed by atoms with Gasteiger partial charge in [0.2, 0.25) is 5.91 Å². The molecule has 2 N–H and O–H groups in total. The number of nitrogens with one attached hydrogen (secondary N) is 2. The summed E-state index contributed by atoms with van der Waals surface area (Å²) in [6.45, 7) is 0.958. The van der Waals surface area contributed by atoms with Gasteiger partial charge in [-0.3, -0.25) is 19.4 Å². The van der Waals surface area contributed by atoms with Crippen LogP contribution >= 0.6 is 0 Å². The van der Waals surface area contributed by atoms with E-state index in [-0.39, 0.29) is 5.92 Å². The lowest BCUT2D eigenvalue weighted by Gasteiger charge is -2.37. The minimum absolute atomic E-state index is 0.240. The third kappa shape index (κ3) is 4.82. The molecule has 0 saturated carbocycles. The predicted octanol–water partition coefficient (Wildman–Crippen LogP) is 3.12. The molecule has 1 aromatic carbocycles. The number of urea groups is 1. The van der Waals surface area contributed by atoms with Crippen LogP contribution in [0.2, 0.25) is 0 Å². The highest BCUT2D eigenvalue weighted by molar-refractivity contribution is 5.97. The second-order valence-corrected chi connectivity index (χ2v) is 7.92. The van der Waals surface area contributed by atoms with Gasteiger partial charge in [-0.1, -0.05) is 30.3 Å². The van der Waals surface area contributed by atoms with Crippen molar-refractivity contribution in [1.82, 2.24) is 30.1 Å². The number of hydrogen-bond donors (Lipinski definition) is 2. The van der Waals surface area contributed by atoms with Gasteiger partial charge in [0.1, 0.15) is 11.9 Å². The number of halogens is 3. The molecule has 2 aromatic heterocycles. The van der Waals surface area contributed by atoms with Gasteiger partial charge in [-0.25, -0.2) is 4.79 Å². The van der Waals surface area contributed by atoms with Crippen molar-refractivity contribution in [3.05, 3.63) is 65.6 Å². The Labute approximate surface area is 187 Å². The lowest BCUT2D eigenvalue weighted by molar-refractivity contribution is -0.138. The number of likely N-dealkylation sites (tertiary alicyclic amines) is 1. The normalized spacial score (nSPS) is 18.1. The van der Waals surface area contributed by atoms with Gasteiger partial charge in [0.05, 0.1) is 5.56 Å². The first-order valence-corrected chi connectivity index (χ1v) is 10.5. The van der Waals surface area contributed by atoms with E-state index >= 15 is 0 Å². The van der Waals surface area contributed by atoms with E-state index in [4.69, 9.17) is 0 Å². The lowest BCUT2D eigenvalue weighted by Crippen LogP contribution is -2.48. The van der Waals surface area contributed by atoms with Crippen LogP contribution in [0.3, 0.4) is 0 Å². The summed E-state index contributed by atoms with van der Waals surface area (Å²) in [5.74, 6) is -0.303. The van der Waals surface area contributed by atoms with Crippen molar-refractivity contribution < 1.29 is 22.8 Å². The number of benzene rings is 1. The minimum Gasteiger partial charge on any atom is -0.341 e. The van der Waals surface area contributed by atoms with Crippen LogP contribution in [0.1, 0.15) is 41.8 Å². The molecule has 8 nitrogen and oxygen atoms in total. The second kappa shape index (κ2) is 9.18. The Morgan fingerprint density at radius 3 is 2.58 bits per heavy atom. The lowest BCUT2D eigenvalue weighted by atomic mass is 9.93. The molecule has 174 valence electrons. The maximum atomic E-state index is 13.2. The number of aromatic nitrogens is 3. The fourth-order valence-corrected chi connectivity index (χ4v) is 4.21. The molecule has 0 radical (unpaired) electrons. The highest BCUT2D eigenvalue weighted by Gasteiger charge is 2.35. The molecule has 3 aromatic rings. The number of nitrogens with zero attached hydrogens (tertiary/aromatic N) is 4. The van der Waals surface area contributed by atoms with Gasteiger partial charge < -0.3 is 5.32 Å². The summed E-state index contributed by atoms with van der Waals surface area (Å²) < 4.78 is 41.1. The predicted molar refractivity (Wildman–Crippen MR) is 113 cm³/mol. The summed E-state index contributed by atoms with van der Waals surface area (Å²) in [5.41, 5.74) is 0.257. The van der Waals surface area contributed by atoms with Crippen LogP contribution in [0.4, 0.5) is 18.0 Å². The summed E-state index contributed by atoms with van der Waals surface area (Å²) in [6, 6.07) is 9.98. The second-order valence-electron chi connectivity index (χ2n) is 7.92. The van der Waals surface area contributed by atoms with Crippen LogP contribution in [0, 0.1) is 0 Å². The fraction of sp³-hybridized carbons (Fsp3) is 0.364. The van der Waals surface area contributed by atoms with Gasteiger partial charge >= 0.3 is 12.2 Å². The Balaban J connectivity index is 1.65. The van der Waals surface area contributed by atoms with Gasteiger partial charge in [-0.05, 0) is 37.1 Å². The Morgan fingerprint density at radius 2 is 1.88 bits per heavy atom. The minimum atomic E-state index is -4.48. The van der Waals surface area contributed by atoms with Crippen LogP contribution in [-0.2, 0) is 11.0 Å². The van der Waals surface area contributed by atoms with E-state index in [1.165, 1.54) is 17.5 Å². The molecule has 3 amide bonds. The number of alkyl halides is 3. The molecular weight excluding hydrogens is 437 g/mol. The van der Waals surface area contributed by atoms with Crippen molar-refractivity contribution in [2.45, 2.75) is 31.0 Å². The monoisotopic (exact) mass is 460 g/mol. The molecule has 4 rings (SSSR count). The molecule has 2 atom stereocenters. The number of fused-ring (bicyclic) bond motifs is 1. The third-order valence-electron chi connectivity index (χ3n) is 5.77. The number of amides is 3. The third-order valence-corrected chi connectivity index (χ3v) is 5.77. The van der Waals surface area contributed by atoms with Gasteiger partial charge in [0.25, 0.3) is 0 Å². The number of carbonyl (C=O) groups excluding carboxylic acids is 2. The average Bonchev–Trinajstić information content (AvgIpc) is 3.23. The molecule has 1 aliphatic heterocycles. The maximum Gasteiger partial charge on any atom is 0.417 e. The number of rotatable bonds is 4. The molecule has 0 spiro atoms. The fourth-order valence-electron chi connectivity index (χ4n) is 4.21. The van der Waals surface area contributed by atoms with Gasteiger partial charge in [-0.15, -0.1) is 10.2 Å². The van der Waals surface area contributed by atoms with Gasteiger partial charge in [0.15, 0.2) is 5.65 Å². The number of carbonyl (C=O) groups is 2. The number of pyridine rings is 1. The highest BCUT2D eigenvalue weighted by atomic mass is 19.4. The summed E-state index contributed by atoms with van der Waals surface area (Å²) >= 11 is 0. The molecule has 0 aliphatic carbocycles. The Morgan fingerprint density at radius 1 is 1.12 bits per heavy atom. The molecule has 1 saturated heterocycles. The van der Waals surface area contributed by atoms with E-state index in [9.17, 15) is 22.8 Å². The Hall–Kier alpha value is -3.47. The summed E-state index contributed by atoms with van der Waals surface area (Å²) in [7, 11) is 1.42. The van der Waals surface area contributed by atoms with Crippen LogP contribution in [0.15, 0.2) is 48.7 Å². The van der Waals surface area contributed by atoms with Crippen LogP contribution < -0.4 is 10.6 Å². The first-order chi connectivity index (χ1) is 15.8. The van der Waals surface area contributed by atoms with Crippen molar-refractivity contribution in [1.29, 1.82) is 0 Å². The van der Waals surface area contributed by atoms with Crippen molar-refractivity contribution >= 4 is 17.6 Å². The van der Waals surface area contributed by atoms with Crippen LogP contribution in [0.25, 0.3) is 5.65 Å². The Bertz CT molecular complexity index is 1150. The largest absolute Gasteiger partial charge is 0.417 e. The molecule has 1 aliphatic rings. The van der Waals surface area contributed by atoms with Crippen LogP contribution in [-0.4, -0.2) is 51.6 Å². The van der Waals surface area contributed by atoms with E-state index in [0.717, 1.165) is 12.3 Å². The summed E-state index contributed by atoms with van der Waals surface area (Å²) in [4.78, 5) is 26.7. The number of piperidine rings is 1. The smallest absolute Gasteiger partial charge is 0.341 e. The number of hydrogen-bond acceptors (Lipinski definition) is 5. The summed E-state index contributed by atoms with van der Waals surface area (Å²) in [5, 5.41) is 12.9. The molecule has 0 bridgehead atoms. The van der Waals surface area contributed by atoms with Crippen molar-refractivity contribution in [3.8, 4) is 0 Å². The molecule has 33 heavy (non-hydrogen) atoms. The molecule has 0 unspecified atom stereocenters. The van der Waals surface area contributed by atoms with Gasteiger partial charge in [-0.2, -0.15) is 13.2 Å². The van der Waals surface area contributed by atoms with E-state index in [1.54, 1.807) is 12.1 Å². The zero-order valence-corrected chi connectivity index (χ0v) is 17.8. The zero-order chi connectivity index (χ0) is 23.6. The zero-order valence-electron chi connectivity index (χ0n) is 17.8. The Kier molecular flexibility index (Phi) is 6.32. The molecule has 11 heteroatoms. The standard InChI is InChI=1S/C22H23F3N6O2/c1-26-21(33)27-20(32)18(14-6-3-2-4-7-14)30-11-5-8-15(12-30)19-29-28-17-10-9-16(13-31(17)19)22(23,24)25/h2-4,6-7,9-10,13,15,18H,5,8,11-12H2,1H3,(H2,26,27,32,33)/t15-,18-/m0/s1. The first-order valence-electron chi connectivity index (χ1n) is 10.5. The quantitative estimate of drug-likeness (QED) is 0.624. The first kappa shape index (κ1) is 22.7. The average molecular weight is 460 g/mol. The van der Waals surface area contributed by atoms with Crippen molar-refractivity contribution in [3.63, 3.8) is 0 Å². The van der Waals surface area contributed by atoms with Crippen molar-refractivity contribution in [2.24, 2.45) is 0 Å².